The number of carboxylic acid groups (broad SMARTS) is 2. The highest BCUT2D eigenvalue weighted by Crippen LogP contribution is 2.33. The molecule has 0 radical (unpaired) electrons. The van der Waals surface area contributed by atoms with Crippen LogP contribution < -0.4 is 5.32 Å². The topological polar surface area (TPSA) is 196 Å². The molecule has 1 amide bonds. The molecule has 4 rings (SSSR count). The zero-order valence-electron chi connectivity index (χ0n) is 25.2. The van der Waals surface area contributed by atoms with Crippen molar-refractivity contribution in [3.05, 3.63) is 59.2 Å². The Bertz CT molecular complexity index is 1360. The molecule has 45 heavy (non-hydrogen) atoms. The summed E-state index contributed by atoms with van der Waals surface area (Å²) < 4.78 is 30.0. The van der Waals surface area contributed by atoms with Crippen LogP contribution in [-0.4, -0.2) is 72.0 Å². The average Bonchev–Trinajstić information content (AvgIpc) is 3.68. The molecule has 1 aliphatic rings. The van der Waals surface area contributed by atoms with Gasteiger partial charge in [0.1, 0.15) is 17.1 Å². The van der Waals surface area contributed by atoms with Crippen LogP contribution >= 0.6 is 11.8 Å². The van der Waals surface area contributed by atoms with E-state index in [1.54, 1.807) is 35.6 Å². The van der Waals surface area contributed by atoms with Crippen LogP contribution in [0.5, 0.6) is 0 Å². The number of hydrogen-bond acceptors (Lipinski definition) is 9. The Morgan fingerprint density at radius 1 is 1.22 bits per heavy atom. The van der Waals surface area contributed by atoms with E-state index in [2.05, 4.69) is 37.3 Å². The number of carbonyl (C=O) groups excluding carboxylic acids is 1. The van der Waals surface area contributed by atoms with Gasteiger partial charge in [0, 0.05) is 42.1 Å². The van der Waals surface area contributed by atoms with Crippen LogP contribution in [0.3, 0.4) is 0 Å². The largest absolute Gasteiger partial charge is 0.483 e. The number of aromatic amines is 1. The van der Waals surface area contributed by atoms with Gasteiger partial charge in [0.05, 0.1) is 17.9 Å². The molecular formula is C29H39F2N7O6S. The number of aliphatic hydroxyl groups excluding tert-OH is 1. The molecule has 0 saturated heterocycles. The Kier molecular flexibility index (Phi) is 19.0. The van der Waals surface area contributed by atoms with Crippen molar-refractivity contribution in [3.8, 4) is 11.4 Å². The molecule has 0 unspecified atom stereocenters. The van der Waals surface area contributed by atoms with Gasteiger partial charge in [-0.1, -0.05) is 26.2 Å². The summed E-state index contributed by atoms with van der Waals surface area (Å²) in [5.41, 5.74) is 1.10. The first-order valence-corrected chi connectivity index (χ1v) is 15.1. The van der Waals surface area contributed by atoms with Gasteiger partial charge >= 0.3 is 5.97 Å². The Labute approximate surface area is 263 Å². The molecule has 0 aliphatic heterocycles. The van der Waals surface area contributed by atoms with Crippen molar-refractivity contribution >= 4 is 42.5 Å². The summed E-state index contributed by atoms with van der Waals surface area (Å²) in [6, 6.07) is 2.05. The Morgan fingerprint density at radius 3 is 2.42 bits per heavy atom. The first-order chi connectivity index (χ1) is 21.6. The van der Waals surface area contributed by atoms with Gasteiger partial charge in [0.25, 0.3) is 12.4 Å². The zero-order valence-corrected chi connectivity index (χ0v) is 26.0. The van der Waals surface area contributed by atoms with E-state index in [0.717, 1.165) is 56.2 Å². The molecule has 5 N–H and O–H groups in total. The number of pyridine rings is 1. The molecule has 3 aromatic rings. The predicted molar refractivity (Wildman–Crippen MR) is 168 cm³/mol. The highest BCUT2D eigenvalue weighted by atomic mass is 32.2. The minimum atomic E-state index is -0.833. The molecule has 3 aromatic heterocycles. The fourth-order valence-corrected chi connectivity index (χ4v) is 4.68. The maximum atomic E-state index is 14.5. The monoisotopic (exact) mass is 651 g/mol. The summed E-state index contributed by atoms with van der Waals surface area (Å²) in [5.74, 6) is -2.22. The van der Waals surface area contributed by atoms with Crippen LogP contribution in [0.15, 0.2) is 46.8 Å². The van der Waals surface area contributed by atoms with Gasteiger partial charge in [-0.25, -0.2) is 9.37 Å². The number of thioether (sulfide) groups is 1. The van der Waals surface area contributed by atoms with E-state index < -0.39 is 23.6 Å². The molecule has 16 heteroatoms. The van der Waals surface area contributed by atoms with Gasteiger partial charge in [-0.15, -0.1) is 11.8 Å². The number of hydrogen-bond donors (Lipinski definition) is 5. The number of aromatic nitrogens is 5. The number of nitrogens with one attached hydrogen (secondary N) is 2. The Morgan fingerprint density at radius 2 is 1.89 bits per heavy atom. The summed E-state index contributed by atoms with van der Waals surface area (Å²) in [6.45, 7) is 6.99. The molecule has 0 atom stereocenters. The van der Waals surface area contributed by atoms with E-state index in [1.165, 1.54) is 11.8 Å². The van der Waals surface area contributed by atoms with Crippen molar-refractivity contribution in [2.45, 2.75) is 70.6 Å². The lowest BCUT2D eigenvalue weighted by molar-refractivity contribution is -0.137. The van der Waals surface area contributed by atoms with Gasteiger partial charge in [0.15, 0.2) is 5.82 Å². The van der Waals surface area contributed by atoms with Crippen LogP contribution in [-0.2, 0) is 20.1 Å². The fourth-order valence-electron chi connectivity index (χ4n) is 3.91. The molecule has 0 bridgehead atoms. The number of amides is 1. The predicted octanol–water partition coefficient (Wildman–Crippen LogP) is 5.44. The summed E-state index contributed by atoms with van der Waals surface area (Å²) in [7, 11) is 0. The van der Waals surface area contributed by atoms with Crippen LogP contribution in [0.4, 0.5) is 14.5 Å². The molecule has 0 aromatic carbocycles. The Hall–Kier alpha value is -4.44. The molecule has 1 fully saturated rings. The number of nitrogens with zero attached hydrogens (tertiary/aromatic N) is 5. The lowest BCUT2D eigenvalue weighted by atomic mass is 9.96. The van der Waals surface area contributed by atoms with Gasteiger partial charge in [0.2, 0.25) is 5.95 Å². The first kappa shape index (κ1) is 38.6. The average molecular weight is 652 g/mol. The molecule has 3 heterocycles. The van der Waals surface area contributed by atoms with E-state index in [1.807, 2.05) is 6.92 Å². The third kappa shape index (κ3) is 14.3. The second-order valence-electron chi connectivity index (χ2n) is 9.23. The lowest BCUT2D eigenvalue weighted by Gasteiger charge is -2.21. The summed E-state index contributed by atoms with van der Waals surface area (Å²) in [6.07, 6.45) is 11.3. The van der Waals surface area contributed by atoms with Crippen LogP contribution in [0.2, 0.25) is 0 Å². The number of anilines is 1. The maximum absolute atomic E-state index is 14.5. The van der Waals surface area contributed by atoms with E-state index >= 15 is 0 Å². The number of carbonyl (C=O) groups is 3. The molecule has 0 spiro atoms. The number of aliphatic carboxylic acids is 1. The van der Waals surface area contributed by atoms with Gasteiger partial charge in [-0.3, -0.25) is 29.2 Å². The van der Waals surface area contributed by atoms with E-state index in [-0.39, 0.29) is 41.9 Å². The number of aliphatic hydroxyl groups is 1. The normalized spacial score (nSPS) is 12.7. The molecule has 13 nitrogen and oxygen atoms in total. The Balaban J connectivity index is 0.000000725. The molecule has 1 saturated carbocycles. The minimum Gasteiger partial charge on any atom is -0.483 e. The quantitative estimate of drug-likeness (QED) is 0.0815. The van der Waals surface area contributed by atoms with E-state index in [0.29, 0.717) is 12.2 Å². The van der Waals surface area contributed by atoms with Crippen molar-refractivity contribution in [2.24, 2.45) is 4.99 Å². The standard InChI is InChI=1S/C22H23F2N7OS.C4H8O2.C2H6O.CH2O2/c1-25-18(13-33-12-14-9-26-27-10-14)22(32)28-17-11-31(15-5-3-2-4-6-15)30-21(17)20-16(23)7-8-19(24)29-20;1-2-3-4(5)6;1-2-3;2-1-3/h7-11,13,15H,1-6,12H2,(H,26,27)(H,28,32);2-3H2,1H3,(H,5,6);3H,2H2,1H3;1H,(H,2,3)/b18-13-;;;. The summed E-state index contributed by atoms with van der Waals surface area (Å²) >= 11 is 1.36. The van der Waals surface area contributed by atoms with Crippen molar-refractivity contribution in [1.82, 2.24) is 25.0 Å². The van der Waals surface area contributed by atoms with Gasteiger partial charge in [-0.05, 0) is 45.0 Å². The highest BCUT2D eigenvalue weighted by molar-refractivity contribution is 8.01. The summed E-state index contributed by atoms with van der Waals surface area (Å²) in [5, 5.41) is 37.8. The minimum absolute atomic E-state index is 0.0698. The lowest BCUT2D eigenvalue weighted by Crippen LogP contribution is -2.14. The second kappa shape index (κ2) is 22.1. The summed E-state index contributed by atoms with van der Waals surface area (Å²) in [4.78, 5) is 38.3. The van der Waals surface area contributed by atoms with Crippen molar-refractivity contribution in [1.29, 1.82) is 0 Å². The fraction of sp³-hybridized carbons (Fsp3) is 0.414. The highest BCUT2D eigenvalue weighted by Gasteiger charge is 2.24. The number of carboxylic acids is 1. The zero-order chi connectivity index (χ0) is 33.6. The van der Waals surface area contributed by atoms with Gasteiger partial charge < -0.3 is 20.6 Å². The number of H-pyrrole nitrogens is 1. The van der Waals surface area contributed by atoms with Crippen molar-refractivity contribution in [2.75, 3.05) is 11.9 Å². The van der Waals surface area contributed by atoms with E-state index in [4.69, 9.17) is 20.1 Å². The number of halogens is 2. The third-order valence-electron chi connectivity index (χ3n) is 5.83. The molecule has 246 valence electrons. The van der Waals surface area contributed by atoms with Crippen LogP contribution in [0, 0.1) is 11.8 Å². The smallest absolute Gasteiger partial charge is 0.303 e. The third-order valence-corrected chi connectivity index (χ3v) is 6.72. The second-order valence-corrected chi connectivity index (χ2v) is 10.1. The number of rotatable bonds is 10. The van der Waals surface area contributed by atoms with E-state index in [9.17, 15) is 18.4 Å². The van der Waals surface area contributed by atoms with Gasteiger partial charge in [-0.2, -0.15) is 14.6 Å². The van der Waals surface area contributed by atoms with Crippen LogP contribution in [0.25, 0.3) is 11.4 Å². The molecule has 1 aliphatic carbocycles. The molecular weight excluding hydrogens is 612 g/mol. The first-order valence-electron chi connectivity index (χ1n) is 14.0. The van der Waals surface area contributed by atoms with Crippen molar-refractivity contribution in [3.63, 3.8) is 0 Å². The van der Waals surface area contributed by atoms with Crippen LogP contribution in [0.1, 0.15) is 70.4 Å². The van der Waals surface area contributed by atoms with Crippen molar-refractivity contribution < 1.29 is 38.5 Å². The maximum Gasteiger partial charge on any atom is 0.303 e. The number of aliphatic imine (C=N–C) groups is 1. The SMILES string of the molecule is C=N/C(=C\SCc1cn[nH]c1)C(=O)Nc1cn(C2CCCCC2)nc1-c1nc(F)ccc1F.CCCC(=O)O.CCO.O=CO.